The second-order valence-electron chi connectivity index (χ2n) is 9.22. The number of aliphatic hydroxyl groups excluding tert-OH is 1. The van der Waals surface area contributed by atoms with Gasteiger partial charge in [0.05, 0.1) is 22.8 Å². The Kier molecular flexibility index (Phi) is 5.99. The maximum Gasteiger partial charge on any atom is 0.412 e. The Hall–Kier alpha value is -3.40. The van der Waals surface area contributed by atoms with Gasteiger partial charge in [0.1, 0.15) is 12.4 Å². The number of carbonyl (C=O) groups excluding carboxylic acids is 1. The lowest BCUT2D eigenvalue weighted by Gasteiger charge is -2.33. The van der Waals surface area contributed by atoms with Gasteiger partial charge < -0.3 is 19.7 Å². The molecule has 1 atom stereocenters. The van der Waals surface area contributed by atoms with Crippen LogP contribution in [0.3, 0.4) is 0 Å². The number of imidazole rings is 1. The van der Waals surface area contributed by atoms with Crippen LogP contribution in [0.15, 0.2) is 30.6 Å². The number of rotatable bonds is 5. The van der Waals surface area contributed by atoms with Gasteiger partial charge in [-0.15, -0.1) is 0 Å². The van der Waals surface area contributed by atoms with E-state index in [1.807, 2.05) is 45.5 Å². The Morgan fingerprint density at radius 3 is 2.68 bits per heavy atom. The van der Waals surface area contributed by atoms with E-state index in [9.17, 15) is 19.8 Å². The van der Waals surface area contributed by atoms with E-state index < -0.39 is 6.09 Å². The van der Waals surface area contributed by atoms with Crippen molar-refractivity contribution < 1.29 is 19.8 Å². The molecule has 0 aliphatic carbocycles. The molecule has 0 bridgehead atoms. The molecule has 4 heterocycles. The molecule has 2 aliphatic heterocycles. The van der Waals surface area contributed by atoms with Crippen molar-refractivity contribution in [1.29, 1.82) is 0 Å². The number of benzene rings is 1. The second-order valence-corrected chi connectivity index (χ2v) is 9.22. The summed E-state index contributed by atoms with van der Waals surface area (Å²) in [6.07, 6.45) is 5.58. The van der Waals surface area contributed by atoms with E-state index in [0.717, 1.165) is 35.3 Å². The van der Waals surface area contributed by atoms with Gasteiger partial charge in [0.25, 0.3) is 0 Å². The third-order valence-electron chi connectivity index (χ3n) is 7.03. The third kappa shape index (κ3) is 4.13. The Balaban J connectivity index is 1.52. The zero-order chi connectivity index (χ0) is 23.8. The minimum atomic E-state index is -0.964. The third-order valence-corrected chi connectivity index (χ3v) is 7.03. The minimum absolute atomic E-state index is 0.00467. The first-order valence-electron chi connectivity index (χ1n) is 11.9. The maximum atomic E-state index is 13.2. The molecule has 1 saturated heterocycles. The molecular weight excluding hydrogens is 436 g/mol. The van der Waals surface area contributed by atoms with Gasteiger partial charge in [0.15, 0.2) is 0 Å². The number of piperidine rings is 1. The van der Waals surface area contributed by atoms with Gasteiger partial charge in [-0.1, -0.05) is 0 Å². The predicted octanol–water partition coefficient (Wildman–Crippen LogP) is 2.28. The largest absolute Gasteiger partial charge is 0.465 e. The summed E-state index contributed by atoms with van der Waals surface area (Å²) in [5, 5.41) is 23.9. The first-order valence-corrected chi connectivity index (χ1v) is 11.9. The van der Waals surface area contributed by atoms with Gasteiger partial charge in [-0.2, -0.15) is 5.10 Å². The summed E-state index contributed by atoms with van der Waals surface area (Å²) in [4.78, 5) is 33.3. The van der Waals surface area contributed by atoms with Crippen molar-refractivity contribution >= 4 is 28.7 Å². The van der Waals surface area contributed by atoms with Crippen molar-refractivity contribution in [2.24, 2.45) is 0 Å². The average molecular weight is 467 g/mol. The molecule has 3 aromatic rings. The molecule has 34 heavy (non-hydrogen) atoms. The molecule has 2 amide bonds. The molecule has 2 aromatic heterocycles. The molecule has 1 fully saturated rings. The zero-order valence-corrected chi connectivity index (χ0v) is 19.3. The van der Waals surface area contributed by atoms with E-state index in [-0.39, 0.29) is 24.6 Å². The number of aliphatic hydroxyl groups is 1. The molecule has 2 aliphatic rings. The first kappa shape index (κ1) is 22.4. The summed E-state index contributed by atoms with van der Waals surface area (Å²) in [6.45, 7) is 3.82. The number of nitrogens with zero attached hydrogens (tertiary/aromatic N) is 6. The van der Waals surface area contributed by atoms with E-state index in [1.54, 1.807) is 6.20 Å². The number of hydrogen-bond donors (Lipinski definition) is 2. The predicted molar refractivity (Wildman–Crippen MR) is 126 cm³/mol. The number of likely N-dealkylation sites (tertiary alicyclic amines) is 1. The van der Waals surface area contributed by atoms with Gasteiger partial charge in [-0.3, -0.25) is 14.4 Å². The molecule has 0 spiro atoms. The lowest BCUT2D eigenvalue weighted by molar-refractivity contribution is -0.133. The number of anilines is 1. The Labute approximate surface area is 197 Å². The van der Waals surface area contributed by atoms with Crippen molar-refractivity contribution in [1.82, 2.24) is 24.2 Å². The highest BCUT2D eigenvalue weighted by molar-refractivity contribution is 5.95. The van der Waals surface area contributed by atoms with Gasteiger partial charge in [0.2, 0.25) is 5.91 Å². The van der Waals surface area contributed by atoms with Crippen molar-refractivity contribution in [3.05, 3.63) is 42.0 Å². The minimum Gasteiger partial charge on any atom is -0.465 e. The van der Waals surface area contributed by atoms with Crippen LogP contribution in [-0.4, -0.2) is 71.7 Å². The fourth-order valence-corrected chi connectivity index (χ4v) is 5.13. The number of amides is 2. The van der Waals surface area contributed by atoms with Crippen LogP contribution in [-0.2, 0) is 30.7 Å². The zero-order valence-electron chi connectivity index (χ0n) is 19.3. The molecule has 0 unspecified atom stereocenters. The SMILES string of the molecule is C[C@H]1CCc2c(ccc3c2nc(CCn2cccn2)n3CC(=O)N2CCC(O)CC2)N1C(=O)O. The van der Waals surface area contributed by atoms with Crippen LogP contribution < -0.4 is 4.90 Å². The molecule has 10 nitrogen and oxygen atoms in total. The highest BCUT2D eigenvalue weighted by Gasteiger charge is 2.31. The Bertz CT molecular complexity index is 1200. The Morgan fingerprint density at radius 2 is 1.97 bits per heavy atom. The normalized spacial score (nSPS) is 18.9. The van der Waals surface area contributed by atoms with Crippen LogP contribution in [0.5, 0.6) is 0 Å². The lowest BCUT2D eigenvalue weighted by Crippen LogP contribution is -2.41. The summed E-state index contributed by atoms with van der Waals surface area (Å²) in [5.41, 5.74) is 3.22. The molecule has 0 radical (unpaired) electrons. The number of hydrogen-bond acceptors (Lipinski definition) is 5. The highest BCUT2D eigenvalue weighted by atomic mass is 16.4. The molecule has 2 N–H and O–H groups in total. The van der Waals surface area contributed by atoms with E-state index in [4.69, 9.17) is 4.98 Å². The molecular formula is C24H30N6O4. The van der Waals surface area contributed by atoms with Crippen molar-refractivity contribution in [3.63, 3.8) is 0 Å². The topological polar surface area (TPSA) is 117 Å². The van der Waals surface area contributed by atoms with Crippen molar-refractivity contribution in [2.75, 3.05) is 18.0 Å². The first-order chi connectivity index (χ1) is 16.4. The maximum absolute atomic E-state index is 13.2. The van der Waals surface area contributed by atoms with Gasteiger partial charge in [0, 0.05) is 50.1 Å². The summed E-state index contributed by atoms with van der Waals surface area (Å²) in [7, 11) is 0. The molecule has 1 aromatic carbocycles. The van der Waals surface area contributed by atoms with Gasteiger partial charge in [-0.25, -0.2) is 9.78 Å². The van der Waals surface area contributed by atoms with E-state index in [1.165, 1.54) is 4.90 Å². The Morgan fingerprint density at radius 1 is 1.18 bits per heavy atom. The summed E-state index contributed by atoms with van der Waals surface area (Å²) in [5.74, 6) is 0.787. The summed E-state index contributed by atoms with van der Waals surface area (Å²) < 4.78 is 3.80. The van der Waals surface area contributed by atoms with E-state index in [0.29, 0.717) is 44.6 Å². The number of fused-ring (bicyclic) bond motifs is 3. The van der Waals surface area contributed by atoms with Gasteiger partial charge >= 0.3 is 6.09 Å². The number of aromatic nitrogens is 4. The summed E-state index contributed by atoms with van der Waals surface area (Å²) >= 11 is 0. The summed E-state index contributed by atoms with van der Waals surface area (Å²) in [6, 6.07) is 5.51. The van der Waals surface area contributed by atoms with Crippen LogP contribution in [0.4, 0.5) is 10.5 Å². The molecule has 0 saturated carbocycles. The second kappa shape index (κ2) is 9.09. The lowest BCUT2D eigenvalue weighted by atomic mass is 9.96. The average Bonchev–Trinajstić information content (AvgIpc) is 3.45. The van der Waals surface area contributed by atoms with E-state index in [2.05, 4.69) is 5.10 Å². The fourth-order valence-electron chi connectivity index (χ4n) is 5.13. The van der Waals surface area contributed by atoms with Crippen LogP contribution in [0.1, 0.15) is 37.6 Å². The van der Waals surface area contributed by atoms with Gasteiger partial charge in [-0.05, 0) is 50.8 Å². The number of carbonyl (C=O) groups is 2. The molecule has 5 rings (SSSR count). The number of aryl methyl sites for hydroxylation is 3. The van der Waals surface area contributed by atoms with Crippen molar-refractivity contribution in [3.8, 4) is 0 Å². The smallest absolute Gasteiger partial charge is 0.412 e. The van der Waals surface area contributed by atoms with Crippen LogP contribution >= 0.6 is 0 Å². The standard InChI is InChI=1S/C24H30N6O4/c1-16-3-4-18-19(30(16)24(33)34)5-6-20-23(18)26-21(9-14-28-11-2-10-25-28)29(20)15-22(32)27-12-7-17(31)8-13-27/h2,5-6,10-11,16-17,31H,3-4,7-9,12-15H2,1H3,(H,33,34)/t16-/m0/s1. The quantitative estimate of drug-likeness (QED) is 0.596. The molecule has 10 heteroatoms. The van der Waals surface area contributed by atoms with Crippen LogP contribution in [0.2, 0.25) is 0 Å². The van der Waals surface area contributed by atoms with Crippen LogP contribution in [0, 0.1) is 0 Å². The number of carboxylic acid groups (broad SMARTS) is 1. The van der Waals surface area contributed by atoms with Crippen LogP contribution in [0.25, 0.3) is 11.0 Å². The monoisotopic (exact) mass is 466 g/mol. The van der Waals surface area contributed by atoms with Crippen molar-refractivity contribution in [2.45, 2.75) is 64.3 Å². The van der Waals surface area contributed by atoms with E-state index >= 15 is 0 Å². The molecule has 180 valence electrons. The highest BCUT2D eigenvalue weighted by Crippen LogP contribution is 2.36. The fraction of sp³-hybridized carbons (Fsp3) is 0.500.